The molecule has 3 aliphatic rings. The van der Waals surface area contributed by atoms with Crippen LogP contribution in [-0.2, 0) is 16.4 Å². The number of ketones is 1. The molecular weight excluding hydrogens is 587 g/mol. The number of aromatic amines is 1. The van der Waals surface area contributed by atoms with E-state index in [2.05, 4.69) is 35.1 Å². The summed E-state index contributed by atoms with van der Waals surface area (Å²) in [5, 5.41) is 1.99. The number of benzene rings is 1. The minimum atomic E-state index is -3.63. The molecule has 2 saturated carbocycles. The average Bonchev–Trinajstić information content (AvgIpc) is 3.35. The van der Waals surface area contributed by atoms with E-state index in [4.69, 9.17) is 4.99 Å². The number of allylic oxidation sites excluding steroid dienone is 1. The summed E-state index contributed by atoms with van der Waals surface area (Å²) < 4.78 is 28.5. The van der Waals surface area contributed by atoms with Crippen LogP contribution in [-0.4, -0.2) is 31.9 Å². The van der Waals surface area contributed by atoms with Gasteiger partial charge in [0.05, 0.1) is 10.6 Å². The van der Waals surface area contributed by atoms with Crippen LogP contribution < -0.4 is 4.72 Å². The van der Waals surface area contributed by atoms with Crippen molar-refractivity contribution in [2.75, 3.05) is 6.54 Å². The second-order valence-electron chi connectivity index (χ2n) is 13.1. The first-order chi connectivity index (χ1) is 21.3. The molecule has 2 aromatic heterocycles. The fraction of sp³-hybridized carbons (Fsp3) is 0.500. The number of aromatic nitrogens is 1. The number of aliphatic imine (C=N–C) groups is 1. The monoisotopic (exact) mass is 631 g/mol. The maximum atomic E-state index is 13.9. The number of H-pyrrole nitrogens is 1. The number of Topliss-reactive ketones (excluding diaryl/α,β-unsaturated/α-hetero) is 1. The Morgan fingerprint density at radius 1 is 1.02 bits per heavy atom. The molecule has 2 unspecified atom stereocenters. The van der Waals surface area contributed by atoms with Gasteiger partial charge in [0.2, 0.25) is 10.0 Å². The van der Waals surface area contributed by atoms with Gasteiger partial charge in [0.1, 0.15) is 0 Å². The molecule has 2 atom stereocenters. The van der Waals surface area contributed by atoms with Crippen LogP contribution in [0.3, 0.4) is 0 Å². The largest absolute Gasteiger partial charge is 0.364 e. The van der Waals surface area contributed by atoms with Crippen molar-refractivity contribution >= 4 is 39.1 Å². The van der Waals surface area contributed by atoms with E-state index in [1.54, 1.807) is 35.6 Å². The Morgan fingerprint density at radius 3 is 2.61 bits per heavy atom. The highest BCUT2D eigenvalue weighted by molar-refractivity contribution is 7.89. The number of carbonyl (C=O) groups is 1. The van der Waals surface area contributed by atoms with Crippen LogP contribution in [0.2, 0.25) is 0 Å². The van der Waals surface area contributed by atoms with E-state index >= 15 is 0 Å². The van der Waals surface area contributed by atoms with Crippen LogP contribution in [0.5, 0.6) is 0 Å². The SMILES string of the molecule is CC1CCC=N/C(=C2\CCCC(C(=O)c3ccc(S(=O)(=O)NCCc4cccs4)cc3)CCC3(CCC2)CC3)c2cc[nH]c21. The normalized spacial score (nSPS) is 24.2. The van der Waals surface area contributed by atoms with Crippen LogP contribution >= 0.6 is 11.3 Å². The molecule has 3 heterocycles. The number of hydrogen-bond acceptors (Lipinski definition) is 5. The molecule has 2 N–H and O–H groups in total. The summed E-state index contributed by atoms with van der Waals surface area (Å²) >= 11 is 1.62. The zero-order chi connectivity index (χ0) is 30.6. The molecule has 2 fully saturated rings. The quantitative estimate of drug-likeness (QED) is 0.256. The van der Waals surface area contributed by atoms with Gasteiger partial charge in [0.15, 0.2) is 5.78 Å². The number of rotatable bonds is 7. The van der Waals surface area contributed by atoms with E-state index in [9.17, 15) is 13.2 Å². The minimum Gasteiger partial charge on any atom is -0.364 e. The van der Waals surface area contributed by atoms with Gasteiger partial charge in [-0.25, -0.2) is 13.1 Å². The molecule has 234 valence electrons. The van der Waals surface area contributed by atoms with Crippen molar-refractivity contribution in [2.45, 2.75) is 101 Å². The number of hydrogen-bond donors (Lipinski definition) is 2. The highest BCUT2D eigenvalue weighted by atomic mass is 32.2. The lowest BCUT2D eigenvalue weighted by atomic mass is 9.84. The van der Waals surface area contributed by atoms with Gasteiger partial charge < -0.3 is 4.98 Å². The lowest BCUT2D eigenvalue weighted by Gasteiger charge is -2.20. The van der Waals surface area contributed by atoms with Gasteiger partial charge in [-0.05, 0) is 130 Å². The second kappa shape index (κ2) is 13.7. The van der Waals surface area contributed by atoms with Gasteiger partial charge in [0.25, 0.3) is 0 Å². The average molecular weight is 632 g/mol. The Hall–Kier alpha value is -2.81. The molecule has 6 rings (SSSR count). The maximum absolute atomic E-state index is 13.9. The van der Waals surface area contributed by atoms with Gasteiger partial charge >= 0.3 is 0 Å². The number of thiophene rings is 1. The Kier molecular flexibility index (Phi) is 9.69. The van der Waals surface area contributed by atoms with Crippen LogP contribution in [0, 0.1) is 11.3 Å². The zero-order valence-corrected chi connectivity index (χ0v) is 27.4. The predicted molar refractivity (Wildman–Crippen MR) is 180 cm³/mol. The highest BCUT2D eigenvalue weighted by Crippen LogP contribution is 2.55. The molecule has 8 heteroatoms. The first-order valence-corrected chi connectivity index (χ1v) is 18.8. The summed E-state index contributed by atoms with van der Waals surface area (Å²) in [7, 11) is -3.63. The van der Waals surface area contributed by atoms with Crippen LogP contribution in [0.25, 0.3) is 5.70 Å². The van der Waals surface area contributed by atoms with Crippen LogP contribution in [0.15, 0.2) is 69.5 Å². The number of nitrogens with zero attached hydrogens (tertiary/aromatic N) is 1. The van der Waals surface area contributed by atoms with Crippen LogP contribution in [0.1, 0.15) is 116 Å². The summed E-state index contributed by atoms with van der Waals surface area (Å²) in [4.78, 5) is 23.8. The highest BCUT2D eigenvalue weighted by Gasteiger charge is 2.42. The third kappa shape index (κ3) is 7.35. The van der Waals surface area contributed by atoms with Crippen LogP contribution in [0.4, 0.5) is 0 Å². The molecular formula is C36H45N3O3S2. The van der Waals surface area contributed by atoms with Gasteiger partial charge in [-0.1, -0.05) is 25.1 Å². The van der Waals surface area contributed by atoms with Gasteiger partial charge in [0, 0.05) is 46.6 Å². The van der Waals surface area contributed by atoms with E-state index in [1.807, 2.05) is 17.5 Å². The number of carbonyl (C=O) groups excluding carboxylic acids is 1. The first-order valence-electron chi connectivity index (χ1n) is 16.4. The molecule has 1 spiro atoms. The minimum absolute atomic E-state index is 0.0492. The van der Waals surface area contributed by atoms with Crippen molar-refractivity contribution in [3.8, 4) is 0 Å². The molecule has 1 aromatic carbocycles. The van der Waals surface area contributed by atoms with Crippen molar-refractivity contribution in [3.63, 3.8) is 0 Å². The molecule has 0 bridgehead atoms. The van der Waals surface area contributed by atoms with Crippen molar-refractivity contribution in [1.82, 2.24) is 9.71 Å². The predicted octanol–water partition coefficient (Wildman–Crippen LogP) is 8.69. The molecule has 3 aromatic rings. The lowest BCUT2D eigenvalue weighted by molar-refractivity contribution is 0.0897. The topological polar surface area (TPSA) is 91.4 Å². The smallest absolute Gasteiger partial charge is 0.240 e. The Labute approximate surface area is 266 Å². The lowest BCUT2D eigenvalue weighted by Crippen LogP contribution is -2.26. The van der Waals surface area contributed by atoms with Gasteiger partial charge in [-0.15, -0.1) is 11.3 Å². The van der Waals surface area contributed by atoms with E-state index in [0.717, 1.165) is 61.9 Å². The third-order valence-electron chi connectivity index (χ3n) is 10.1. The van der Waals surface area contributed by atoms with E-state index in [0.29, 0.717) is 29.9 Å². The third-order valence-corrected chi connectivity index (χ3v) is 12.5. The molecule has 0 amide bonds. The summed E-state index contributed by atoms with van der Waals surface area (Å²) in [5.41, 5.74) is 6.14. The fourth-order valence-electron chi connectivity index (χ4n) is 7.14. The molecule has 2 aliphatic carbocycles. The molecule has 0 radical (unpaired) electrons. The summed E-state index contributed by atoms with van der Waals surface area (Å²) in [6.07, 6.45) is 17.7. The number of nitrogens with one attached hydrogen (secondary N) is 2. The van der Waals surface area contributed by atoms with E-state index in [1.165, 1.54) is 42.5 Å². The number of fused-ring (bicyclic) bond motifs is 1. The molecule has 6 nitrogen and oxygen atoms in total. The van der Waals surface area contributed by atoms with Crippen molar-refractivity contribution in [2.24, 2.45) is 16.3 Å². The fourth-order valence-corrected chi connectivity index (χ4v) is 8.88. The molecule has 0 saturated heterocycles. The summed E-state index contributed by atoms with van der Waals surface area (Å²) in [6, 6.07) is 12.8. The number of sulfonamides is 1. The van der Waals surface area contributed by atoms with Crippen molar-refractivity contribution in [3.05, 3.63) is 81.3 Å². The Balaban J connectivity index is 1.17. The maximum Gasteiger partial charge on any atom is 0.240 e. The summed E-state index contributed by atoms with van der Waals surface area (Å²) in [6.45, 7) is 2.65. The van der Waals surface area contributed by atoms with Gasteiger partial charge in [-0.2, -0.15) is 0 Å². The summed E-state index contributed by atoms with van der Waals surface area (Å²) in [5.74, 6) is 0.576. The van der Waals surface area contributed by atoms with E-state index < -0.39 is 10.0 Å². The second-order valence-corrected chi connectivity index (χ2v) is 15.9. The standard InChI is InChI=1S/C36H45N3O3S2/c1-26-6-4-22-37-34(32-17-23-38-33(26)32)27-7-2-8-28(15-19-36(20-21-36)18-3-9-27)35(40)29-11-13-31(14-12-29)44(41,42)39-24-16-30-10-5-25-43-30/h5,10-14,17,22-23,25-26,28,38-39H,2-4,6-9,15-16,18-21,24H2,1H3/b34-27+,37-22?. The zero-order valence-electron chi connectivity index (χ0n) is 25.8. The first kappa shape index (κ1) is 31.2. The Bertz CT molecular complexity index is 1600. The van der Waals surface area contributed by atoms with Crippen molar-refractivity contribution in [1.29, 1.82) is 0 Å². The molecule has 1 aliphatic heterocycles. The Morgan fingerprint density at radius 2 is 1.84 bits per heavy atom. The molecule has 44 heavy (non-hydrogen) atoms. The van der Waals surface area contributed by atoms with E-state index in [-0.39, 0.29) is 16.6 Å². The van der Waals surface area contributed by atoms with Gasteiger partial charge in [-0.3, -0.25) is 9.79 Å². The van der Waals surface area contributed by atoms with Crippen molar-refractivity contribution < 1.29 is 13.2 Å².